The highest BCUT2D eigenvalue weighted by Gasteiger charge is 2.32. The molecule has 1 aromatic heterocycles. The lowest BCUT2D eigenvalue weighted by Gasteiger charge is -2.39. The van der Waals surface area contributed by atoms with E-state index in [1.165, 1.54) is 63.2 Å². The molecule has 0 unspecified atom stereocenters. The van der Waals surface area contributed by atoms with E-state index in [1.807, 2.05) is 0 Å². The van der Waals surface area contributed by atoms with Crippen LogP contribution in [0.15, 0.2) is 18.3 Å². The third kappa shape index (κ3) is 6.33. The molecular formula is C22H37N3O. The second-order valence-corrected chi connectivity index (χ2v) is 9.30. The molecule has 146 valence electrons. The topological polar surface area (TPSA) is 28.6 Å². The van der Waals surface area contributed by atoms with Gasteiger partial charge in [0, 0.05) is 38.1 Å². The maximum absolute atomic E-state index is 6.04. The van der Waals surface area contributed by atoms with Gasteiger partial charge in [-0.2, -0.15) is 0 Å². The maximum atomic E-state index is 6.04. The minimum Gasteiger partial charge on any atom is -0.373 e. The fourth-order valence-electron chi connectivity index (χ4n) is 4.05. The van der Waals surface area contributed by atoms with Gasteiger partial charge in [-0.1, -0.05) is 6.07 Å². The number of ether oxygens (including phenoxy) is 1. The first kappa shape index (κ1) is 19.8. The van der Waals surface area contributed by atoms with Crippen molar-refractivity contribution in [2.75, 3.05) is 39.8 Å². The highest BCUT2D eigenvalue weighted by atomic mass is 16.5. The monoisotopic (exact) mass is 359 g/mol. The van der Waals surface area contributed by atoms with Crippen LogP contribution in [0.4, 0.5) is 0 Å². The third-order valence-corrected chi connectivity index (χ3v) is 5.63. The third-order valence-electron chi connectivity index (χ3n) is 5.63. The summed E-state index contributed by atoms with van der Waals surface area (Å²) in [6.45, 7) is 12.5. The Balaban J connectivity index is 1.33. The SMILES string of the molecule is CN1CCN(CCCc2ccc(CC3CC(OC(C)(C)C)C3)cn2)CC1. The van der Waals surface area contributed by atoms with Crippen LogP contribution in [0.1, 0.15) is 51.3 Å². The van der Waals surface area contributed by atoms with Gasteiger partial charge in [0.15, 0.2) is 0 Å². The molecule has 1 aromatic rings. The summed E-state index contributed by atoms with van der Waals surface area (Å²) in [4.78, 5) is 9.70. The molecule has 0 atom stereocenters. The van der Waals surface area contributed by atoms with Crippen molar-refractivity contribution < 1.29 is 4.74 Å². The van der Waals surface area contributed by atoms with Crippen LogP contribution in [-0.4, -0.2) is 66.3 Å². The second-order valence-electron chi connectivity index (χ2n) is 9.30. The summed E-state index contributed by atoms with van der Waals surface area (Å²) >= 11 is 0. The second kappa shape index (κ2) is 8.81. The Labute approximate surface area is 159 Å². The van der Waals surface area contributed by atoms with Gasteiger partial charge in [0.25, 0.3) is 0 Å². The molecule has 0 spiro atoms. The van der Waals surface area contributed by atoms with E-state index in [4.69, 9.17) is 9.72 Å². The van der Waals surface area contributed by atoms with E-state index in [2.05, 4.69) is 55.9 Å². The van der Waals surface area contributed by atoms with Crippen LogP contribution in [0.25, 0.3) is 0 Å². The summed E-state index contributed by atoms with van der Waals surface area (Å²) in [7, 11) is 2.21. The molecule has 2 heterocycles. The van der Waals surface area contributed by atoms with Crippen molar-refractivity contribution in [2.24, 2.45) is 5.92 Å². The van der Waals surface area contributed by atoms with Crippen molar-refractivity contribution in [1.82, 2.24) is 14.8 Å². The molecule has 26 heavy (non-hydrogen) atoms. The Morgan fingerprint density at radius 1 is 1.12 bits per heavy atom. The van der Waals surface area contributed by atoms with Gasteiger partial charge in [0.1, 0.15) is 0 Å². The number of hydrogen-bond donors (Lipinski definition) is 0. The van der Waals surface area contributed by atoms with Crippen molar-refractivity contribution in [3.63, 3.8) is 0 Å². The summed E-state index contributed by atoms with van der Waals surface area (Å²) in [5, 5.41) is 0. The first-order chi connectivity index (χ1) is 12.4. The molecule has 1 aliphatic carbocycles. The van der Waals surface area contributed by atoms with E-state index in [9.17, 15) is 0 Å². The number of rotatable bonds is 7. The van der Waals surface area contributed by atoms with Gasteiger partial charge in [0.05, 0.1) is 11.7 Å². The highest BCUT2D eigenvalue weighted by molar-refractivity contribution is 5.15. The molecule has 0 N–H and O–H groups in total. The van der Waals surface area contributed by atoms with Crippen LogP contribution < -0.4 is 0 Å². The van der Waals surface area contributed by atoms with Gasteiger partial charge in [-0.15, -0.1) is 0 Å². The number of piperazine rings is 1. The summed E-state index contributed by atoms with van der Waals surface area (Å²) in [5.74, 6) is 0.771. The Hall–Kier alpha value is -0.970. The predicted octanol–water partition coefficient (Wildman–Crippen LogP) is 3.40. The Kier molecular flexibility index (Phi) is 6.70. The first-order valence-electron chi connectivity index (χ1n) is 10.4. The molecule has 0 aromatic carbocycles. The van der Waals surface area contributed by atoms with Crippen LogP contribution in [0.2, 0.25) is 0 Å². The molecule has 2 aliphatic rings. The van der Waals surface area contributed by atoms with E-state index in [1.54, 1.807) is 0 Å². The Morgan fingerprint density at radius 2 is 1.85 bits per heavy atom. The van der Waals surface area contributed by atoms with E-state index < -0.39 is 0 Å². The summed E-state index contributed by atoms with van der Waals surface area (Å²) in [6, 6.07) is 4.53. The first-order valence-corrected chi connectivity index (χ1v) is 10.4. The zero-order valence-electron chi connectivity index (χ0n) is 17.2. The van der Waals surface area contributed by atoms with Crippen LogP contribution in [0, 0.1) is 5.92 Å². The quantitative estimate of drug-likeness (QED) is 0.746. The van der Waals surface area contributed by atoms with Crippen LogP contribution in [0.5, 0.6) is 0 Å². The van der Waals surface area contributed by atoms with Crippen LogP contribution in [-0.2, 0) is 17.6 Å². The lowest BCUT2D eigenvalue weighted by Crippen LogP contribution is -2.44. The number of pyridine rings is 1. The van der Waals surface area contributed by atoms with Gasteiger partial charge < -0.3 is 14.5 Å². The number of aromatic nitrogens is 1. The van der Waals surface area contributed by atoms with Crippen molar-refractivity contribution in [3.05, 3.63) is 29.6 Å². The molecule has 4 heteroatoms. The average molecular weight is 360 g/mol. The number of likely N-dealkylation sites (N-methyl/N-ethyl adjacent to an activating group) is 1. The largest absolute Gasteiger partial charge is 0.373 e. The average Bonchev–Trinajstić information content (AvgIpc) is 2.55. The van der Waals surface area contributed by atoms with E-state index >= 15 is 0 Å². The van der Waals surface area contributed by atoms with Gasteiger partial charge in [-0.3, -0.25) is 4.98 Å². The number of nitrogens with zero attached hydrogens (tertiary/aromatic N) is 3. The van der Waals surface area contributed by atoms with Crippen molar-refractivity contribution >= 4 is 0 Å². The van der Waals surface area contributed by atoms with Gasteiger partial charge >= 0.3 is 0 Å². The van der Waals surface area contributed by atoms with E-state index in [0.717, 1.165) is 18.8 Å². The van der Waals surface area contributed by atoms with E-state index in [-0.39, 0.29) is 5.60 Å². The zero-order chi connectivity index (χ0) is 18.6. The highest BCUT2D eigenvalue weighted by Crippen LogP contribution is 2.35. The fraction of sp³-hybridized carbons (Fsp3) is 0.773. The van der Waals surface area contributed by atoms with Gasteiger partial charge in [0.2, 0.25) is 0 Å². The number of aryl methyl sites for hydroxylation is 1. The minimum absolute atomic E-state index is 0.0110. The molecule has 0 amide bonds. The summed E-state index contributed by atoms with van der Waals surface area (Å²) < 4.78 is 6.04. The van der Waals surface area contributed by atoms with Crippen molar-refractivity contribution in [2.45, 2.75) is 64.6 Å². The van der Waals surface area contributed by atoms with Gasteiger partial charge in [-0.25, -0.2) is 0 Å². The predicted molar refractivity (Wildman–Crippen MR) is 108 cm³/mol. The number of hydrogen-bond acceptors (Lipinski definition) is 4. The molecule has 0 radical (unpaired) electrons. The smallest absolute Gasteiger partial charge is 0.0602 e. The maximum Gasteiger partial charge on any atom is 0.0602 e. The molecule has 1 aliphatic heterocycles. The molecule has 1 saturated heterocycles. The van der Waals surface area contributed by atoms with Crippen LogP contribution >= 0.6 is 0 Å². The molecular weight excluding hydrogens is 322 g/mol. The zero-order valence-corrected chi connectivity index (χ0v) is 17.2. The van der Waals surface area contributed by atoms with Crippen molar-refractivity contribution in [1.29, 1.82) is 0 Å². The molecule has 4 nitrogen and oxygen atoms in total. The summed E-state index contributed by atoms with van der Waals surface area (Å²) in [5.41, 5.74) is 2.61. The normalized spacial score (nSPS) is 25.2. The van der Waals surface area contributed by atoms with Crippen molar-refractivity contribution in [3.8, 4) is 0 Å². The lowest BCUT2D eigenvalue weighted by molar-refractivity contribution is -0.111. The molecule has 3 rings (SSSR count). The van der Waals surface area contributed by atoms with Gasteiger partial charge in [-0.05, 0) is 84.0 Å². The lowest BCUT2D eigenvalue weighted by atomic mass is 9.78. The Bertz CT molecular complexity index is 538. The fourth-order valence-corrected chi connectivity index (χ4v) is 4.05. The molecule has 1 saturated carbocycles. The summed E-state index contributed by atoms with van der Waals surface area (Å²) in [6.07, 6.45) is 8.42. The molecule has 0 bridgehead atoms. The minimum atomic E-state index is -0.0110. The standard InChI is InChI=1S/C22H37N3O/c1-22(2,3)26-21-15-19(16-21)14-18-7-8-20(23-17-18)6-5-9-25-12-10-24(4)11-13-25/h7-8,17,19,21H,5-6,9-16H2,1-4H3. The molecule has 2 fully saturated rings. The van der Waals surface area contributed by atoms with E-state index in [0.29, 0.717) is 6.10 Å². The Morgan fingerprint density at radius 3 is 2.46 bits per heavy atom. The van der Waals surface area contributed by atoms with Crippen LogP contribution in [0.3, 0.4) is 0 Å².